The lowest BCUT2D eigenvalue weighted by atomic mass is 10.0. The van der Waals surface area contributed by atoms with Gasteiger partial charge in [-0.2, -0.15) is 0 Å². The van der Waals surface area contributed by atoms with E-state index in [9.17, 15) is 19.2 Å². The van der Waals surface area contributed by atoms with Gasteiger partial charge in [0.25, 0.3) is 0 Å². The van der Waals surface area contributed by atoms with Gasteiger partial charge >= 0.3 is 12.2 Å². The smallest absolute Gasteiger partial charge is 0.407 e. The number of alkyl carbamates (subject to hydrolysis) is 2. The van der Waals surface area contributed by atoms with E-state index in [-0.39, 0.29) is 47.8 Å². The molecule has 58 heavy (non-hydrogen) atoms. The highest BCUT2D eigenvalue weighted by Crippen LogP contribution is 2.55. The molecule has 0 radical (unpaired) electrons. The van der Waals surface area contributed by atoms with E-state index in [1.54, 1.807) is 0 Å². The van der Waals surface area contributed by atoms with Crippen LogP contribution in [0.15, 0.2) is 53.1 Å². The van der Waals surface area contributed by atoms with E-state index < -0.39 is 24.3 Å². The Balaban J connectivity index is 0.962. The van der Waals surface area contributed by atoms with Crippen molar-refractivity contribution in [2.75, 3.05) is 14.2 Å². The topological polar surface area (TPSA) is 175 Å². The third kappa shape index (κ3) is 7.37. The molecule has 4 N–H and O–H groups in total. The molecule has 2 aliphatic heterocycles. The number of hydrogen-bond donors (Lipinski definition) is 4. The highest BCUT2D eigenvalue weighted by Gasteiger charge is 2.57. The maximum absolute atomic E-state index is 13.9. The van der Waals surface area contributed by atoms with Crippen LogP contribution in [0.4, 0.5) is 9.59 Å². The number of ether oxygens (including phenoxy) is 2. The lowest BCUT2D eigenvalue weighted by molar-refractivity contribution is -0.137. The van der Waals surface area contributed by atoms with Crippen molar-refractivity contribution in [1.82, 2.24) is 40.4 Å². The van der Waals surface area contributed by atoms with Gasteiger partial charge in [0.05, 0.1) is 32.0 Å². The molecule has 2 aromatic heterocycles. The number of amides is 4. The molecule has 14 nitrogen and oxygen atoms in total. The van der Waals surface area contributed by atoms with Crippen LogP contribution in [0, 0.1) is 30.6 Å². The summed E-state index contributed by atoms with van der Waals surface area (Å²) in [5.74, 6) is 1.93. The fraction of sp³-hybridized carbons (Fsp3) is 0.488. The molecule has 4 aromatic rings. The molecule has 15 heteroatoms. The number of H-pyrrole nitrogens is 2. The average molecular weight is 856 g/mol. The Morgan fingerprint density at radius 1 is 0.655 bits per heavy atom. The van der Waals surface area contributed by atoms with E-state index in [4.69, 9.17) is 19.4 Å². The molecule has 2 aliphatic carbocycles. The summed E-state index contributed by atoms with van der Waals surface area (Å²) < 4.78 is 10.4. The first-order valence-corrected chi connectivity index (χ1v) is 20.9. The van der Waals surface area contributed by atoms with Crippen LogP contribution < -0.4 is 10.6 Å². The van der Waals surface area contributed by atoms with Gasteiger partial charge in [-0.3, -0.25) is 9.59 Å². The first kappa shape index (κ1) is 39.6. The van der Waals surface area contributed by atoms with Crippen molar-refractivity contribution in [2.24, 2.45) is 23.7 Å². The van der Waals surface area contributed by atoms with Crippen LogP contribution in [-0.2, 0) is 19.1 Å². The van der Waals surface area contributed by atoms with Crippen LogP contribution in [-0.4, -0.2) is 92.1 Å². The lowest BCUT2D eigenvalue weighted by Crippen LogP contribution is -2.52. The highest BCUT2D eigenvalue weighted by atomic mass is 79.9. The number of rotatable bonds is 11. The van der Waals surface area contributed by atoms with Crippen molar-refractivity contribution in [3.8, 4) is 33.6 Å². The number of benzene rings is 2. The van der Waals surface area contributed by atoms with Crippen LogP contribution in [0.5, 0.6) is 0 Å². The van der Waals surface area contributed by atoms with E-state index in [1.807, 2.05) is 56.6 Å². The zero-order valence-corrected chi connectivity index (χ0v) is 35.4. The Labute approximate surface area is 346 Å². The van der Waals surface area contributed by atoms with Crippen molar-refractivity contribution < 1.29 is 28.7 Å². The van der Waals surface area contributed by atoms with Gasteiger partial charge in [-0.25, -0.2) is 19.6 Å². The molecule has 8 rings (SSSR count). The number of carbonyl (C=O) groups excluding carboxylic acids is 4. The quantitative estimate of drug-likeness (QED) is 0.122. The van der Waals surface area contributed by atoms with Gasteiger partial charge in [-0.15, -0.1) is 0 Å². The zero-order chi connectivity index (χ0) is 41.2. The van der Waals surface area contributed by atoms with Crippen molar-refractivity contribution >= 4 is 39.9 Å². The molecule has 2 saturated heterocycles. The largest absolute Gasteiger partial charge is 0.453 e. The number of aryl methyl sites for hydroxylation is 1. The van der Waals surface area contributed by atoms with Gasteiger partial charge in [0.15, 0.2) is 0 Å². The van der Waals surface area contributed by atoms with Crippen LogP contribution in [0.25, 0.3) is 33.6 Å². The summed E-state index contributed by atoms with van der Waals surface area (Å²) >= 11 is 3.70. The summed E-state index contributed by atoms with van der Waals surface area (Å²) in [5, 5.41) is 5.48. The van der Waals surface area contributed by atoms with Gasteiger partial charge in [0, 0.05) is 28.9 Å². The molecular weight excluding hydrogens is 804 g/mol. The number of likely N-dealkylation sites (tertiary alicyclic amines) is 2. The van der Waals surface area contributed by atoms with Crippen molar-refractivity contribution in [3.05, 3.63) is 70.5 Å². The first-order valence-electron chi connectivity index (χ1n) is 20.1. The van der Waals surface area contributed by atoms with Crippen molar-refractivity contribution in [1.29, 1.82) is 0 Å². The minimum Gasteiger partial charge on any atom is -0.453 e. The number of carbonyl (C=O) groups is 4. The second-order valence-corrected chi connectivity index (χ2v) is 17.7. The van der Waals surface area contributed by atoms with E-state index in [0.717, 1.165) is 81.3 Å². The Bertz CT molecular complexity index is 2060. The molecule has 4 aliphatic rings. The highest BCUT2D eigenvalue weighted by molar-refractivity contribution is 9.10. The third-order valence-electron chi connectivity index (χ3n) is 12.4. The molecule has 0 spiro atoms. The Hall–Kier alpha value is -5.18. The number of hydrogen-bond acceptors (Lipinski definition) is 8. The number of methoxy groups -OCH3 is 2. The summed E-state index contributed by atoms with van der Waals surface area (Å²) in [6.07, 6.45) is 2.36. The molecule has 4 fully saturated rings. The van der Waals surface area contributed by atoms with E-state index in [1.165, 1.54) is 14.2 Å². The summed E-state index contributed by atoms with van der Waals surface area (Å²) in [6.45, 7) is 9.68. The fourth-order valence-electron chi connectivity index (χ4n) is 9.04. The Morgan fingerprint density at radius 2 is 1.05 bits per heavy atom. The molecule has 0 bridgehead atoms. The van der Waals surface area contributed by atoms with Gasteiger partial charge in [0.2, 0.25) is 11.8 Å². The monoisotopic (exact) mass is 854 g/mol. The van der Waals surface area contributed by atoms with Crippen molar-refractivity contribution in [2.45, 2.75) is 96.6 Å². The second-order valence-electron chi connectivity index (χ2n) is 16.9. The summed E-state index contributed by atoms with van der Waals surface area (Å²) in [4.78, 5) is 72.7. The van der Waals surface area contributed by atoms with E-state index in [2.05, 4.69) is 72.9 Å². The Morgan fingerprint density at radius 3 is 1.48 bits per heavy atom. The number of aromatic amines is 2. The summed E-state index contributed by atoms with van der Waals surface area (Å²) in [5.41, 5.74) is 6.54. The van der Waals surface area contributed by atoms with Gasteiger partial charge in [-0.1, -0.05) is 76.2 Å². The zero-order valence-electron chi connectivity index (χ0n) is 33.8. The van der Waals surface area contributed by atoms with Gasteiger partial charge < -0.3 is 39.9 Å². The number of imidazole rings is 2. The standard InChI is InChI=1S/C43H51BrN8O6/c1-20(2)33(48-42(55)57-6)40(53)51-29-16-27(29)18-31(51)38-45-22(5)35(46-38)25-12-8-23(9-13-25)24-10-14-26(15-11-24)36-37(44)50-39(47-36)32-19-28-17-30(28)52(32)41(54)34(21(3)4)49-43(56)58-7/h8-15,20-21,27-34H,16-19H2,1-7H3,(H,45,46)(H,47,50)(H,48,55)(H,49,56)/t27-,28-,29-,30-,31+,32+,33+,34+/m1/s1. The molecular formula is C43H51BrN8O6. The number of halogens is 1. The normalized spacial score (nSPS) is 24.0. The molecule has 8 atom stereocenters. The van der Waals surface area contributed by atoms with Crippen LogP contribution in [0.3, 0.4) is 0 Å². The van der Waals surface area contributed by atoms with Crippen LogP contribution in [0.1, 0.15) is 82.8 Å². The number of piperidine rings is 2. The van der Waals surface area contributed by atoms with Gasteiger partial charge in [-0.05, 0) is 83.3 Å². The predicted molar refractivity (Wildman–Crippen MR) is 220 cm³/mol. The van der Waals surface area contributed by atoms with Crippen LogP contribution in [0.2, 0.25) is 0 Å². The predicted octanol–water partition coefficient (Wildman–Crippen LogP) is 7.29. The number of fused-ring (bicyclic) bond motifs is 2. The summed E-state index contributed by atoms with van der Waals surface area (Å²) in [7, 11) is 2.60. The van der Waals surface area contributed by atoms with Crippen molar-refractivity contribution in [3.63, 3.8) is 0 Å². The minimum absolute atomic E-state index is 0.101. The maximum Gasteiger partial charge on any atom is 0.407 e. The fourth-order valence-corrected chi connectivity index (χ4v) is 9.56. The SMILES string of the molecule is COC(=O)N[C@H](C(=O)N1[C@@H]2C[C@@H]2C[C@H]1c1nc(-c2ccc(-c3ccc(-c4nc([C@@H]5C[C@H]6C[C@H]6N5C(=O)[C@@H](NC(=O)OC)C(C)C)[nH]c4Br)cc3)cc2)c(C)[nH]1)C(C)C. The molecule has 0 unspecified atom stereocenters. The molecule has 4 heterocycles. The molecule has 4 amide bonds. The summed E-state index contributed by atoms with van der Waals surface area (Å²) in [6, 6.07) is 15.1. The van der Waals surface area contributed by atoms with E-state index >= 15 is 0 Å². The number of nitrogens with zero attached hydrogens (tertiary/aromatic N) is 4. The van der Waals surface area contributed by atoms with Crippen LogP contribution >= 0.6 is 15.9 Å². The maximum atomic E-state index is 13.9. The minimum atomic E-state index is -0.693. The lowest BCUT2D eigenvalue weighted by Gasteiger charge is -2.31. The number of nitrogens with one attached hydrogen (secondary N) is 4. The third-order valence-corrected chi connectivity index (χ3v) is 12.9. The number of aromatic nitrogens is 4. The molecule has 306 valence electrons. The van der Waals surface area contributed by atoms with E-state index in [0.29, 0.717) is 11.8 Å². The molecule has 2 aromatic carbocycles. The molecule has 2 saturated carbocycles. The second kappa shape index (κ2) is 15.5. The average Bonchev–Trinajstić information content (AvgIpc) is 3.92. The van der Waals surface area contributed by atoms with Gasteiger partial charge in [0.1, 0.15) is 34.0 Å². The Kier molecular flexibility index (Phi) is 10.6. The first-order chi connectivity index (χ1) is 27.8.